The molecule has 1 saturated heterocycles. The minimum Gasteiger partial charge on any atom is -0.454 e. The third-order valence-corrected chi connectivity index (χ3v) is 8.31. The highest BCUT2D eigenvalue weighted by molar-refractivity contribution is 7.17. The molecule has 0 atom stereocenters. The summed E-state index contributed by atoms with van der Waals surface area (Å²) in [6.07, 6.45) is 7.37. The molecule has 1 aliphatic heterocycles. The molecule has 0 radical (unpaired) electrons. The number of thiophene rings is 1. The van der Waals surface area contributed by atoms with Crippen LogP contribution in [-0.2, 0) is 32.0 Å². The average molecular weight is 491 g/mol. The van der Waals surface area contributed by atoms with Crippen LogP contribution in [0.3, 0.4) is 0 Å². The number of primary amides is 1. The van der Waals surface area contributed by atoms with Crippen LogP contribution < -0.4 is 16.4 Å². The summed E-state index contributed by atoms with van der Waals surface area (Å²) in [5.41, 5.74) is 5.79. The fourth-order valence-electron chi connectivity index (χ4n) is 5.14. The van der Waals surface area contributed by atoms with E-state index in [1.54, 1.807) is 0 Å². The predicted molar refractivity (Wildman–Crippen MR) is 124 cm³/mol. The number of nitrogens with two attached hydrogens (primary N) is 1. The van der Waals surface area contributed by atoms with Gasteiger partial charge in [-0.3, -0.25) is 24.1 Å². The number of nitrogens with one attached hydrogen (secondary N) is 2. The third kappa shape index (κ3) is 4.66. The van der Waals surface area contributed by atoms with Gasteiger partial charge in [-0.1, -0.05) is 13.3 Å². The largest absolute Gasteiger partial charge is 0.454 e. The molecule has 0 aromatic carbocycles. The number of anilines is 1. The first kappa shape index (κ1) is 24.2. The highest BCUT2D eigenvalue weighted by Crippen LogP contribution is 2.38. The van der Waals surface area contributed by atoms with E-state index in [0.29, 0.717) is 29.3 Å². The number of imide groups is 1. The lowest BCUT2D eigenvalue weighted by Crippen LogP contribution is -2.49. The number of fused-ring (bicyclic) bond motifs is 1. The summed E-state index contributed by atoms with van der Waals surface area (Å²) in [7, 11) is 0. The maximum atomic E-state index is 12.9. The van der Waals surface area contributed by atoms with Gasteiger partial charge in [0.15, 0.2) is 6.61 Å². The number of nitrogens with zero attached hydrogens (tertiary/aromatic N) is 1. The van der Waals surface area contributed by atoms with Crippen LogP contribution in [0, 0.1) is 5.92 Å². The number of hydrogen-bond acceptors (Lipinski definition) is 7. The van der Waals surface area contributed by atoms with Crippen LogP contribution in [0.4, 0.5) is 9.80 Å². The summed E-state index contributed by atoms with van der Waals surface area (Å²) in [6, 6.07) is -0.614. The Kier molecular flexibility index (Phi) is 6.92. The summed E-state index contributed by atoms with van der Waals surface area (Å²) < 4.78 is 5.01. The first-order valence-corrected chi connectivity index (χ1v) is 12.6. The Hall–Kier alpha value is -2.95. The minimum absolute atomic E-state index is 0.321. The fraction of sp³-hybridized carbons (Fsp3) is 0.609. The van der Waals surface area contributed by atoms with Crippen molar-refractivity contribution in [3.8, 4) is 0 Å². The first-order valence-electron chi connectivity index (χ1n) is 11.8. The van der Waals surface area contributed by atoms with Crippen molar-refractivity contribution < 1.29 is 28.7 Å². The van der Waals surface area contributed by atoms with Gasteiger partial charge in [0, 0.05) is 4.88 Å². The quantitative estimate of drug-likeness (QED) is 0.394. The topological polar surface area (TPSA) is 148 Å². The minimum atomic E-state index is -0.941. The second kappa shape index (κ2) is 9.73. The second-order valence-corrected chi connectivity index (χ2v) is 10.3. The van der Waals surface area contributed by atoms with Crippen molar-refractivity contribution in [1.29, 1.82) is 0 Å². The SMILES string of the molecule is CCC1CCC2(CC1)NC(=O)N(CC(=O)OCC(=O)Nc1sc3c(c1C(N)=O)CCCC3)C2=O. The van der Waals surface area contributed by atoms with Crippen LogP contribution in [0.2, 0.25) is 0 Å². The van der Waals surface area contributed by atoms with Crippen LogP contribution >= 0.6 is 11.3 Å². The number of carbonyl (C=O) groups excluding carboxylic acids is 5. The van der Waals surface area contributed by atoms with E-state index in [2.05, 4.69) is 17.6 Å². The number of amides is 5. The molecule has 1 aromatic rings. The van der Waals surface area contributed by atoms with Gasteiger partial charge in [0.2, 0.25) is 0 Å². The molecule has 3 aliphatic rings. The molecule has 11 heteroatoms. The van der Waals surface area contributed by atoms with E-state index in [0.717, 1.165) is 60.3 Å². The molecule has 4 rings (SSSR count). The Bertz CT molecular complexity index is 1030. The zero-order valence-electron chi connectivity index (χ0n) is 19.2. The fourth-order valence-corrected chi connectivity index (χ4v) is 6.45. The van der Waals surface area contributed by atoms with Crippen LogP contribution in [0.5, 0.6) is 0 Å². The van der Waals surface area contributed by atoms with Gasteiger partial charge in [0.05, 0.1) is 5.56 Å². The molecule has 0 unspecified atom stereocenters. The van der Waals surface area contributed by atoms with E-state index >= 15 is 0 Å². The van der Waals surface area contributed by atoms with Gasteiger partial charge in [-0.15, -0.1) is 11.3 Å². The number of rotatable bonds is 7. The molecule has 1 aromatic heterocycles. The Morgan fingerprint density at radius 2 is 1.91 bits per heavy atom. The summed E-state index contributed by atoms with van der Waals surface area (Å²) in [6.45, 7) is 0.945. The van der Waals surface area contributed by atoms with Crippen molar-refractivity contribution >= 4 is 46.1 Å². The molecule has 10 nitrogen and oxygen atoms in total. The molecule has 2 aliphatic carbocycles. The van der Waals surface area contributed by atoms with Crippen LogP contribution in [0.1, 0.15) is 72.7 Å². The van der Waals surface area contributed by atoms with E-state index in [-0.39, 0.29) is 0 Å². The molecular formula is C23H30N4O6S. The van der Waals surface area contributed by atoms with Gasteiger partial charge in [0.1, 0.15) is 17.1 Å². The Balaban J connectivity index is 1.31. The van der Waals surface area contributed by atoms with Gasteiger partial charge in [-0.25, -0.2) is 4.79 Å². The standard InChI is InChI=1S/C23H30N4O6S/c1-2-13-7-9-23(10-8-13)21(31)27(22(32)26-23)11-17(29)33-12-16(28)25-20-18(19(24)30)14-5-3-4-6-15(14)34-20/h13H,2-12H2,1H3,(H2,24,30)(H,25,28)(H,26,32). The van der Waals surface area contributed by atoms with Gasteiger partial charge in [-0.2, -0.15) is 0 Å². The lowest BCUT2D eigenvalue weighted by molar-refractivity contribution is -0.150. The summed E-state index contributed by atoms with van der Waals surface area (Å²) >= 11 is 1.31. The maximum absolute atomic E-state index is 12.9. The lowest BCUT2D eigenvalue weighted by atomic mass is 9.75. The molecule has 0 bridgehead atoms. The normalized spacial score (nSPS) is 24.0. The molecule has 34 heavy (non-hydrogen) atoms. The smallest absolute Gasteiger partial charge is 0.326 e. The van der Waals surface area contributed by atoms with Gasteiger partial charge in [0.25, 0.3) is 17.7 Å². The summed E-state index contributed by atoms with van der Waals surface area (Å²) in [5.74, 6) is -1.97. The zero-order valence-corrected chi connectivity index (χ0v) is 20.1. The third-order valence-electron chi connectivity index (χ3n) is 7.10. The first-order chi connectivity index (χ1) is 16.2. The average Bonchev–Trinajstić information content (AvgIpc) is 3.28. The van der Waals surface area contributed by atoms with Crippen molar-refractivity contribution in [2.24, 2.45) is 11.7 Å². The molecule has 2 heterocycles. The molecule has 5 amide bonds. The van der Waals surface area contributed by atoms with Gasteiger partial charge in [-0.05, 0) is 62.8 Å². The molecule has 1 saturated carbocycles. The Labute approximate surface area is 201 Å². The number of esters is 1. The molecule has 4 N–H and O–H groups in total. The molecule has 2 fully saturated rings. The number of aryl methyl sites for hydroxylation is 1. The van der Waals surface area contributed by atoms with Crippen molar-refractivity contribution in [1.82, 2.24) is 10.2 Å². The van der Waals surface area contributed by atoms with Crippen molar-refractivity contribution in [2.75, 3.05) is 18.5 Å². The number of urea groups is 1. The van der Waals surface area contributed by atoms with Gasteiger partial charge < -0.3 is 21.1 Å². The Morgan fingerprint density at radius 1 is 1.21 bits per heavy atom. The highest BCUT2D eigenvalue weighted by atomic mass is 32.1. The van der Waals surface area contributed by atoms with Crippen LogP contribution in [0.25, 0.3) is 0 Å². The maximum Gasteiger partial charge on any atom is 0.326 e. The lowest BCUT2D eigenvalue weighted by Gasteiger charge is -2.34. The Morgan fingerprint density at radius 3 is 2.59 bits per heavy atom. The predicted octanol–water partition coefficient (Wildman–Crippen LogP) is 2.10. The van der Waals surface area contributed by atoms with E-state index in [4.69, 9.17) is 10.5 Å². The zero-order chi connectivity index (χ0) is 24.5. The van der Waals surface area contributed by atoms with Crippen molar-refractivity contribution in [3.63, 3.8) is 0 Å². The molecule has 184 valence electrons. The summed E-state index contributed by atoms with van der Waals surface area (Å²) in [5, 5.41) is 5.74. The van der Waals surface area contributed by atoms with Gasteiger partial charge >= 0.3 is 12.0 Å². The van der Waals surface area contributed by atoms with Crippen molar-refractivity contribution in [3.05, 3.63) is 16.0 Å². The molecule has 1 spiro atoms. The number of carbonyl (C=O) groups is 5. The van der Waals surface area contributed by atoms with E-state index in [1.807, 2.05) is 0 Å². The van der Waals surface area contributed by atoms with Crippen molar-refractivity contribution in [2.45, 2.75) is 70.3 Å². The summed E-state index contributed by atoms with van der Waals surface area (Å²) in [4.78, 5) is 63.8. The number of hydrogen-bond donors (Lipinski definition) is 3. The second-order valence-electron chi connectivity index (χ2n) is 9.24. The molecular weight excluding hydrogens is 460 g/mol. The van der Waals surface area contributed by atoms with E-state index in [9.17, 15) is 24.0 Å². The number of ether oxygens (including phenoxy) is 1. The van der Waals surface area contributed by atoms with Crippen LogP contribution in [-0.4, -0.2) is 53.3 Å². The van der Waals surface area contributed by atoms with E-state index < -0.39 is 48.4 Å². The monoisotopic (exact) mass is 490 g/mol. The van der Waals surface area contributed by atoms with Crippen LogP contribution in [0.15, 0.2) is 0 Å². The van der Waals surface area contributed by atoms with E-state index in [1.165, 1.54) is 11.3 Å². The highest BCUT2D eigenvalue weighted by Gasteiger charge is 2.52.